The van der Waals surface area contributed by atoms with E-state index < -0.39 is 0 Å². The zero-order valence-corrected chi connectivity index (χ0v) is 29.6. The Balaban J connectivity index is 1.05. The molecular formula is C54H34. The molecule has 0 heteroatoms. The van der Waals surface area contributed by atoms with E-state index in [1.54, 1.807) is 0 Å². The van der Waals surface area contributed by atoms with Crippen molar-refractivity contribution in [3.63, 3.8) is 0 Å². The van der Waals surface area contributed by atoms with Gasteiger partial charge in [0.15, 0.2) is 0 Å². The minimum Gasteiger partial charge on any atom is -0.0616 e. The second-order valence-corrected chi connectivity index (χ2v) is 14.4. The molecule has 0 aliphatic rings. The molecule has 0 heterocycles. The average molecular weight is 683 g/mol. The quantitative estimate of drug-likeness (QED) is 0.128. The van der Waals surface area contributed by atoms with Gasteiger partial charge >= 0.3 is 0 Å². The van der Waals surface area contributed by atoms with Crippen molar-refractivity contribution in [3.05, 3.63) is 206 Å². The van der Waals surface area contributed by atoms with E-state index in [-0.39, 0.29) is 0 Å². The van der Waals surface area contributed by atoms with Gasteiger partial charge in [-0.1, -0.05) is 188 Å². The number of hydrogen-bond acceptors (Lipinski definition) is 0. The molecule has 0 aliphatic carbocycles. The molecular weight excluding hydrogens is 649 g/mol. The molecule has 11 rings (SSSR count). The fourth-order valence-corrected chi connectivity index (χ4v) is 8.89. The molecule has 0 saturated heterocycles. The summed E-state index contributed by atoms with van der Waals surface area (Å²) in [4.78, 5) is 0. The van der Waals surface area contributed by atoms with E-state index in [0.29, 0.717) is 0 Å². The number of rotatable bonds is 4. The lowest BCUT2D eigenvalue weighted by atomic mass is 9.85. The number of benzene rings is 11. The van der Waals surface area contributed by atoms with Crippen LogP contribution in [0.4, 0.5) is 0 Å². The van der Waals surface area contributed by atoms with Crippen LogP contribution < -0.4 is 0 Å². The van der Waals surface area contributed by atoms with Gasteiger partial charge in [0.2, 0.25) is 0 Å². The maximum atomic E-state index is 2.38. The molecule has 0 bridgehead atoms. The van der Waals surface area contributed by atoms with E-state index in [0.717, 1.165) is 0 Å². The molecule has 0 radical (unpaired) electrons. The van der Waals surface area contributed by atoms with Gasteiger partial charge in [-0.25, -0.2) is 0 Å². The van der Waals surface area contributed by atoms with Crippen LogP contribution in [0.3, 0.4) is 0 Å². The molecule has 0 saturated carbocycles. The van der Waals surface area contributed by atoms with Gasteiger partial charge in [0, 0.05) is 0 Å². The van der Waals surface area contributed by atoms with Crippen molar-refractivity contribution in [3.8, 4) is 44.5 Å². The summed E-state index contributed by atoms with van der Waals surface area (Å²) in [5.74, 6) is 0. The SMILES string of the molecule is c1cc(-c2ccc3ccccc3c2)cc(-c2c3ccccc3c(-c3ccc(-c4ccc5c6ccccc6c6ccccc6c5c4)cc3)c3ccccc23)c1. The second kappa shape index (κ2) is 12.3. The van der Waals surface area contributed by atoms with Crippen molar-refractivity contribution in [2.45, 2.75) is 0 Å². The highest BCUT2D eigenvalue weighted by atomic mass is 14.2. The van der Waals surface area contributed by atoms with E-state index in [1.165, 1.54) is 109 Å². The third-order valence-corrected chi connectivity index (χ3v) is 11.4. The molecule has 0 aromatic heterocycles. The lowest BCUT2D eigenvalue weighted by Gasteiger charge is -2.18. The van der Waals surface area contributed by atoms with Crippen molar-refractivity contribution < 1.29 is 0 Å². The summed E-state index contributed by atoms with van der Waals surface area (Å²) < 4.78 is 0. The van der Waals surface area contributed by atoms with Crippen LogP contribution in [0.25, 0.3) is 109 Å². The van der Waals surface area contributed by atoms with Crippen LogP contribution in [0.5, 0.6) is 0 Å². The first kappa shape index (κ1) is 30.6. The standard InChI is InChI=1S/C54H34/c1-2-13-38-32-40(29-26-35(38)12-1)39-14-11-15-42(33-39)54-50-22-9-7-20-48(50)53(49-21-8-10-23-51(49)54)37-27-24-36(25-28-37)41-30-31-47-45-18-4-3-16-43(45)44-17-5-6-19-46(44)52(47)34-41/h1-34H. The maximum Gasteiger partial charge on any atom is -0.00262 e. The predicted molar refractivity (Wildman–Crippen MR) is 233 cm³/mol. The minimum absolute atomic E-state index is 1.22. The Labute approximate surface area is 314 Å². The minimum atomic E-state index is 1.22. The van der Waals surface area contributed by atoms with E-state index in [2.05, 4.69) is 206 Å². The van der Waals surface area contributed by atoms with Gasteiger partial charge < -0.3 is 0 Å². The Kier molecular flexibility index (Phi) is 6.97. The van der Waals surface area contributed by atoms with Crippen LogP contribution in [0.15, 0.2) is 206 Å². The van der Waals surface area contributed by atoms with Crippen molar-refractivity contribution in [2.24, 2.45) is 0 Å². The van der Waals surface area contributed by atoms with Crippen molar-refractivity contribution in [2.75, 3.05) is 0 Å². The third kappa shape index (κ3) is 4.85. The van der Waals surface area contributed by atoms with E-state index in [4.69, 9.17) is 0 Å². The Hall–Kier alpha value is -7.02. The molecule has 0 aliphatic heterocycles. The van der Waals surface area contributed by atoms with Crippen LogP contribution in [-0.2, 0) is 0 Å². The average Bonchev–Trinajstić information content (AvgIpc) is 3.25. The van der Waals surface area contributed by atoms with Gasteiger partial charge in [-0.15, -0.1) is 0 Å². The van der Waals surface area contributed by atoms with Gasteiger partial charge in [-0.3, -0.25) is 0 Å². The van der Waals surface area contributed by atoms with Crippen molar-refractivity contribution >= 4 is 64.6 Å². The highest BCUT2D eigenvalue weighted by Gasteiger charge is 2.17. The van der Waals surface area contributed by atoms with Crippen molar-refractivity contribution in [1.82, 2.24) is 0 Å². The Morgan fingerprint density at radius 1 is 0.167 bits per heavy atom. The molecule has 0 N–H and O–H groups in total. The van der Waals surface area contributed by atoms with Gasteiger partial charge in [0.1, 0.15) is 0 Å². The highest BCUT2D eigenvalue weighted by Crippen LogP contribution is 2.45. The lowest BCUT2D eigenvalue weighted by Crippen LogP contribution is -1.91. The highest BCUT2D eigenvalue weighted by molar-refractivity contribution is 6.26. The predicted octanol–water partition coefficient (Wildman–Crippen LogP) is 15.3. The van der Waals surface area contributed by atoms with Crippen molar-refractivity contribution in [1.29, 1.82) is 0 Å². The molecule has 0 unspecified atom stereocenters. The van der Waals surface area contributed by atoms with Gasteiger partial charge in [-0.05, 0) is 127 Å². The Bertz CT molecular complexity index is 3160. The van der Waals surface area contributed by atoms with Crippen LogP contribution in [0, 0.1) is 0 Å². The lowest BCUT2D eigenvalue weighted by molar-refractivity contribution is 1.62. The zero-order valence-electron chi connectivity index (χ0n) is 29.6. The largest absolute Gasteiger partial charge is 0.0616 e. The maximum absolute atomic E-state index is 2.38. The monoisotopic (exact) mass is 682 g/mol. The van der Waals surface area contributed by atoms with E-state index in [1.807, 2.05) is 0 Å². The molecule has 250 valence electrons. The van der Waals surface area contributed by atoms with Gasteiger partial charge in [0.25, 0.3) is 0 Å². The van der Waals surface area contributed by atoms with Crippen LogP contribution >= 0.6 is 0 Å². The molecule has 0 spiro atoms. The molecule has 0 fully saturated rings. The van der Waals surface area contributed by atoms with Gasteiger partial charge in [-0.2, -0.15) is 0 Å². The van der Waals surface area contributed by atoms with Crippen LogP contribution in [0.2, 0.25) is 0 Å². The summed E-state index contributed by atoms with van der Waals surface area (Å²) in [5, 5.41) is 15.4. The Morgan fingerprint density at radius 3 is 1.17 bits per heavy atom. The first-order valence-corrected chi connectivity index (χ1v) is 18.8. The fraction of sp³-hybridized carbons (Fsp3) is 0. The van der Waals surface area contributed by atoms with Crippen LogP contribution in [0.1, 0.15) is 0 Å². The summed E-state index contributed by atoms with van der Waals surface area (Å²) in [6, 6.07) is 76.1. The van der Waals surface area contributed by atoms with E-state index in [9.17, 15) is 0 Å². The number of hydrogen-bond donors (Lipinski definition) is 0. The summed E-state index contributed by atoms with van der Waals surface area (Å²) in [5.41, 5.74) is 9.90. The van der Waals surface area contributed by atoms with E-state index >= 15 is 0 Å². The molecule has 0 atom stereocenters. The second-order valence-electron chi connectivity index (χ2n) is 14.4. The topological polar surface area (TPSA) is 0 Å². The molecule has 11 aromatic rings. The summed E-state index contributed by atoms with van der Waals surface area (Å²) >= 11 is 0. The fourth-order valence-electron chi connectivity index (χ4n) is 8.89. The third-order valence-electron chi connectivity index (χ3n) is 11.4. The Morgan fingerprint density at radius 2 is 0.556 bits per heavy atom. The first-order valence-electron chi connectivity index (χ1n) is 18.8. The molecule has 11 aromatic carbocycles. The normalized spacial score (nSPS) is 11.7. The summed E-state index contributed by atoms with van der Waals surface area (Å²) in [6.45, 7) is 0. The molecule has 0 nitrogen and oxygen atoms in total. The summed E-state index contributed by atoms with van der Waals surface area (Å²) in [7, 11) is 0. The molecule has 54 heavy (non-hydrogen) atoms. The van der Waals surface area contributed by atoms with Crippen LogP contribution in [-0.4, -0.2) is 0 Å². The number of fused-ring (bicyclic) bond motifs is 9. The molecule has 0 amide bonds. The zero-order chi connectivity index (χ0) is 35.6. The smallest absolute Gasteiger partial charge is 0.00262 e. The van der Waals surface area contributed by atoms with Gasteiger partial charge in [0.05, 0.1) is 0 Å². The first-order chi connectivity index (χ1) is 26.8. The summed E-state index contributed by atoms with van der Waals surface area (Å²) in [6.07, 6.45) is 0.